The van der Waals surface area contributed by atoms with Gasteiger partial charge < -0.3 is 9.88 Å². The van der Waals surface area contributed by atoms with Crippen molar-refractivity contribution in [3.8, 4) is 5.69 Å². The van der Waals surface area contributed by atoms with E-state index in [0.717, 1.165) is 29.3 Å². The summed E-state index contributed by atoms with van der Waals surface area (Å²) >= 11 is 0. The molecule has 5 nitrogen and oxygen atoms in total. The van der Waals surface area contributed by atoms with E-state index >= 15 is 0 Å². The lowest BCUT2D eigenvalue weighted by Crippen LogP contribution is -2.10. The maximum Gasteiger partial charge on any atom is 0.433 e. The lowest BCUT2D eigenvalue weighted by molar-refractivity contribution is -0.141. The number of hydrogen-bond acceptors (Lipinski definition) is 4. The van der Waals surface area contributed by atoms with Crippen molar-refractivity contribution >= 4 is 11.6 Å². The van der Waals surface area contributed by atoms with Crippen molar-refractivity contribution in [1.82, 2.24) is 19.5 Å². The molecule has 0 aliphatic rings. The van der Waals surface area contributed by atoms with Crippen molar-refractivity contribution in [3.63, 3.8) is 0 Å². The predicted molar refractivity (Wildman–Crippen MR) is 83.4 cm³/mol. The summed E-state index contributed by atoms with van der Waals surface area (Å²) in [7, 11) is 0. The molecule has 0 saturated heterocycles. The number of aryl methyl sites for hydroxylation is 2. The van der Waals surface area contributed by atoms with E-state index < -0.39 is 11.9 Å². The van der Waals surface area contributed by atoms with E-state index in [2.05, 4.69) is 20.3 Å². The van der Waals surface area contributed by atoms with Gasteiger partial charge in [-0.15, -0.1) is 0 Å². The third-order valence-corrected chi connectivity index (χ3v) is 3.37. The Morgan fingerprint density at radius 3 is 2.50 bits per heavy atom. The van der Waals surface area contributed by atoms with Gasteiger partial charge in [-0.3, -0.25) is 0 Å². The molecule has 2 heterocycles. The lowest BCUT2D eigenvalue weighted by atomic mass is 10.2. The van der Waals surface area contributed by atoms with Gasteiger partial charge in [-0.25, -0.2) is 15.0 Å². The van der Waals surface area contributed by atoms with Gasteiger partial charge in [0.2, 0.25) is 5.95 Å². The SMILES string of the molecule is Cc1cc(Nc2nccc(C(F)(F)F)n2)cc(-n2ccnc2C)c1. The Morgan fingerprint density at radius 1 is 1.04 bits per heavy atom. The van der Waals surface area contributed by atoms with Crippen molar-refractivity contribution in [2.24, 2.45) is 0 Å². The van der Waals surface area contributed by atoms with Gasteiger partial charge in [0, 0.05) is 30.0 Å². The quantitative estimate of drug-likeness (QED) is 0.786. The first kappa shape index (κ1) is 16.0. The van der Waals surface area contributed by atoms with Gasteiger partial charge in [0.1, 0.15) is 11.5 Å². The van der Waals surface area contributed by atoms with Crippen LogP contribution in [0.25, 0.3) is 5.69 Å². The van der Waals surface area contributed by atoms with Gasteiger partial charge in [0.25, 0.3) is 0 Å². The molecule has 0 bridgehead atoms. The summed E-state index contributed by atoms with van der Waals surface area (Å²) in [6.07, 6.45) is 0.0648. The van der Waals surface area contributed by atoms with E-state index in [1.54, 1.807) is 18.3 Å². The van der Waals surface area contributed by atoms with Crippen LogP contribution in [0.4, 0.5) is 24.8 Å². The Bertz CT molecular complexity index is 870. The molecule has 0 aliphatic carbocycles. The molecule has 8 heteroatoms. The Hall–Kier alpha value is -2.90. The molecule has 24 heavy (non-hydrogen) atoms. The summed E-state index contributed by atoms with van der Waals surface area (Å²) < 4.78 is 40.1. The van der Waals surface area contributed by atoms with E-state index in [0.29, 0.717) is 5.69 Å². The Morgan fingerprint density at radius 2 is 1.83 bits per heavy atom. The maximum atomic E-state index is 12.7. The van der Waals surface area contributed by atoms with Crippen LogP contribution in [-0.2, 0) is 6.18 Å². The van der Waals surface area contributed by atoms with Crippen LogP contribution in [-0.4, -0.2) is 19.5 Å². The zero-order valence-corrected chi connectivity index (χ0v) is 13.0. The van der Waals surface area contributed by atoms with Crippen LogP contribution in [0.15, 0.2) is 42.9 Å². The standard InChI is InChI=1S/C16H14F3N5/c1-10-7-12(9-13(8-10)24-6-5-20-11(24)2)22-15-21-4-3-14(23-15)16(17,18)19/h3-9H,1-2H3,(H,21,22,23). The molecular formula is C16H14F3N5. The van der Waals surface area contributed by atoms with Gasteiger partial charge in [-0.1, -0.05) is 0 Å². The van der Waals surface area contributed by atoms with Gasteiger partial charge in [-0.2, -0.15) is 13.2 Å². The third kappa shape index (κ3) is 3.37. The normalized spacial score (nSPS) is 11.5. The molecule has 3 aromatic rings. The fraction of sp³-hybridized carbons (Fsp3) is 0.188. The fourth-order valence-corrected chi connectivity index (χ4v) is 2.33. The summed E-state index contributed by atoms with van der Waals surface area (Å²) in [6, 6.07) is 6.39. The molecule has 0 fully saturated rings. The number of nitrogens with zero attached hydrogens (tertiary/aromatic N) is 4. The topological polar surface area (TPSA) is 55.6 Å². The molecule has 124 valence electrons. The molecule has 0 amide bonds. The smallest absolute Gasteiger partial charge is 0.324 e. The van der Waals surface area contributed by atoms with Crippen LogP contribution in [0, 0.1) is 13.8 Å². The zero-order valence-electron chi connectivity index (χ0n) is 13.0. The average Bonchev–Trinajstić information content (AvgIpc) is 2.92. The Kier molecular flexibility index (Phi) is 3.96. The highest BCUT2D eigenvalue weighted by atomic mass is 19.4. The number of benzene rings is 1. The second-order valence-electron chi connectivity index (χ2n) is 5.29. The Balaban J connectivity index is 1.94. The van der Waals surface area contributed by atoms with E-state index in [1.165, 1.54) is 0 Å². The second kappa shape index (κ2) is 5.95. The van der Waals surface area contributed by atoms with Crippen LogP contribution < -0.4 is 5.32 Å². The molecule has 0 saturated carbocycles. The van der Waals surface area contributed by atoms with Crippen molar-refractivity contribution in [2.75, 3.05) is 5.32 Å². The zero-order chi connectivity index (χ0) is 17.3. The highest BCUT2D eigenvalue weighted by Crippen LogP contribution is 2.28. The van der Waals surface area contributed by atoms with E-state index in [4.69, 9.17) is 0 Å². The second-order valence-corrected chi connectivity index (χ2v) is 5.29. The van der Waals surface area contributed by atoms with Crippen LogP contribution in [0.2, 0.25) is 0 Å². The Labute approximate surface area is 136 Å². The van der Waals surface area contributed by atoms with E-state index in [9.17, 15) is 13.2 Å². The largest absolute Gasteiger partial charge is 0.433 e. The number of aromatic nitrogens is 4. The molecule has 0 aliphatic heterocycles. The van der Waals surface area contributed by atoms with Crippen molar-refractivity contribution in [2.45, 2.75) is 20.0 Å². The maximum absolute atomic E-state index is 12.7. The molecule has 1 N–H and O–H groups in total. The monoisotopic (exact) mass is 333 g/mol. The van der Waals surface area contributed by atoms with Gasteiger partial charge in [-0.05, 0) is 43.7 Å². The first-order chi connectivity index (χ1) is 11.3. The van der Waals surface area contributed by atoms with Gasteiger partial charge in [0.15, 0.2) is 0 Å². The minimum absolute atomic E-state index is 0.108. The molecule has 0 atom stereocenters. The predicted octanol–water partition coefficient (Wildman–Crippen LogP) is 4.04. The minimum Gasteiger partial charge on any atom is -0.324 e. The van der Waals surface area contributed by atoms with E-state index in [-0.39, 0.29) is 5.95 Å². The number of imidazole rings is 1. The molecular weight excluding hydrogens is 319 g/mol. The average molecular weight is 333 g/mol. The number of hydrogen-bond donors (Lipinski definition) is 1. The van der Waals surface area contributed by atoms with Crippen LogP contribution in [0.5, 0.6) is 0 Å². The van der Waals surface area contributed by atoms with Crippen molar-refractivity contribution in [3.05, 3.63) is 59.9 Å². The first-order valence-electron chi connectivity index (χ1n) is 7.12. The first-order valence-corrected chi connectivity index (χ1v) is 7.12. The number of alkyl halides is 3. The van der Waals surface area contributed by atoms with Gasteiger partial charge in [0.05, 0.1) is 0 Å². The van der Waals surface area contributed by atoms with Crippen molar-refractivity contribution < 1.29 is 13.2 Å². The van der Waals surface area contributed by atoms with Crippen LogP contribution >= 0.6 is 0 Å². The fourth-order valence-electron chi connectivity index (χ4n) is 2.33. The molecule has 2 aromatic heterocycles. The van der Waals surface area contributed by atoms with Crippen LogP contribution in [0.3, 0.4) is 0 Å². The summed E-state index contributed by atoms with van der Waals surface area (Å²) in [4.78, 5) is 11.5. The summed E-state index contributed by atoms with van der Waals surface area (Å²) in [6.45, 7) is 3.76. The highest BCUT2D eigenvalue weighted by molar-refractivity contribution is 5.59. The number of nitrogens with one attached hydrogen (secondary N) is 1. The summed E-state index contributed by atoms with van der Waals surface area (Å²) in [5.74, 6) is 0.700. The van der Waals surface area contributed by atoms with Gasteiger partial charge >= 0.3 is 6.18 Å². The summed E-state index contributed by atoms with van der Waals surface area (Å²) in [5, 5.41) is 2.82. The highest BCUT2D eigenvalue weighted by Gasteiger charge is 2.32. The number of anilines is 2. The molecule has 1 aromatic carbocycles. The van der Waals surface area contributed by atoms with Crippen molar-refractivity contribution in [1.29, 1.82) is 0 Å². The molecule has 0 spiro atoms. The third-order valence-electron chi connectivity index (χ3n) is 3.37. The van der Waals surface area contributed by atoms with Crippen LogP contribution in [0.1, 0.15) is 17.1 Å². The van der Waals surface area contributed by atoms with E-state index in [1.807, 2.05) is 30.7 Å². The number of rotatable bonds is 3. The molecule has 3 rings (SSSR count). The summed E-state index contributed by atoms with van der Waals surface area (Å²) in [5.41, 5.74) is 1.39. The number of halogens is 3. The molecule has 0 radical (unpaired) electrons. The minimum atomic E-state index is -4.51. The molecule has 0 unspecified atom stereocenters. The lowest BCUT2D eigenvalue weighted by Gasteiger charge is -2.12.